The van der Waals surface area contributed by atoms with Crippen molar-refractivity contribution < 1.29 is 0 Å². The van der Waals surface area contributed by atoms with Crippen molar-refractivity contribution in [3.8, 4) is 0 Å². The van der Waals surface area contributed by atoms with E-state index in [1.165, 1.54) is 0 Å². The van der Waals surface area contributed by atoms with E-state index < -0.39 is 0 Å². The minimum atomic E-state index is 0. The standard InChI is InChI=1S/C3H6N4.Pb.2H/c1-3-4-5-6-7(3)2;;;/h1-2H3;;;. The molecule has 0 saturated carbocycles. The number of rotatable bonds is 0. The van der Waals surface area contributed by atoms with Crippen LogP contribution >= 0.6 is 0 Å². The van der Waals surface area contributed by atoms with Gasteiger partial charge in [0.2, 0.25) is 0 Å². The molecule has 1 aromatic heterocycles. The van der Waals surface area contributed by atoms with Crippen molar-refractivity contribution in [1.29, 1.82) is 0 Å². The third-order valence-corrected chi connectivity index (χ3v) is 0.832. The summed E-state index contributed by atoms with van der Waals surface area (Å²) in [4.78, 5) is 0. The second-order valence-corrected chi connectivity index (χ2v) is 1.35. The monoisotopic (exact) mass is 308 g/mol. The van der Waals surface area contributed by atoms with E-state index in [-0.39, 0.29) is 27.3 Å². The molecule has 0 unspecified atom stereocenters. The fourth-order valence-electron chi connectivity index (χ4n) is 0.274. The van der Waals surface area contributed by atoms with Gasteiger partial charge in [0.1, 0.15) is 5.82 Å². The van der Waals surface area contributed by atoms with E-state index in [1.807, 2.05) is 6.92 Å². The molecule has 0 fully saturated rings. The van der Waals surface area contributed by atoms with E-state index in [1.54, 1.807) is 11.7 Å². The Bertz CT molecular complexity index is 144. The normalized spacial score (nSPS) is 8.25. The summed E-state index contributed by atoms with van der Waals surface area (Å²) in [6.07, 6.45) is 0. The number of nitrogens with zero attached hydrogens (tertiary/aromatic N) is 4. The Kier molecular flexibility index (Phi) is 3.10. The van der Waals surface area contributed by atoms with Crippen molar-refractivity contribution in [3.63, 3.8) is 0 Å². The van der Waals surface area contributed by atoms with Crippen molar-refractivity contribution in [2.45, 2.75) is 6.92 Å². The zero-order valence-corrected chi connectivity index (χ0v) is 10.5. The number of aromatic nitrogens is 4. The van der Waals surface area contributed by atoms with Crippen molar-refractivity contribution in [1.82, 2.24) is 20.2 Å². The molecule has 0 aliphatic carbocycles. The van der Waals surface area contributed by atoms with Gasteiger partial charge in [-0.15, -0.1) is 5.10 Å². The van der Waals surface area contributed by atoms with E-state index in [2.05, 4.69) is 15.5 Å². The number of hydrogen-bond acceptors (Lipinski definition) is 3. The van der Waals surface area contributed by atoms with Crippen molar-refractivity contribution in [2.24, 2.45) is 7.05 Å². The summed E-state index contributed by atoms with van der Waals surface area (Å²) in [6, 6.07) is 0. The molecule has 0 bridgehead atoms. The van der Waals surface area contributed by atoms with Crippen molar-refractivity contribution >= 4 is 27.3 Å². The van der Waals surface area contributed by atoms with Crippen LogP contribution in [-0.2, 0) is 7.05 Å². The van der Waals surface area contributed by atoms with E-state index >= 15 is 0 Å². The molecule has 1 heterocycles. The first-order valence-corrected chi connectivity index (χ1v) is 1.99. The summed E-state index contributed by atoms with van der Waals surface area (Å²) in [6.45, 7) is 1.85. The molecule has 0 aliphatic rings. The van der Waals surface area contributed by atoms with Gasteiger partial charge in [0, 0.05) is 7.05 Å². The second-order valence-electron chi connectivity index (χ2n) is 1.35. The van der Waals surface area contributed by atoms with Crippen LogP contribution in [0.1, 0.15) is 5.82 Å². The quantitative estimate of drug-likeness (QED) is 0.554. The topological polar surface area (TPSA) is 43.6 Å². The zero-order chi connectivity index (χ0) is 5.28. The molecule has 0 amide bonds. The molecule has 1 rings (SSSR count). The van der Waals surface area contributed by atoms with Crippen LogP contribution < -0.4 is 0 Å². The van der Waals surface area contributed by atoms with Gasteiger partial charge < -0.3 is 0 Å². The first-order valence-electron chi connectivity index (χ1n) is 1.99. The molecule has 2 radical (unpaired) electrons. The molecule has 0 N–H and O–H groups in total. The van der Waals surface area contributed by atoms with Crippen LogP contribution in [-0.4, -0.2) is 47.5 Å². The average molecular weight is 307 g/mol. The van der Waals surface area contributed by atoms with Crippen LogP contribution in [0.15, 0.2) is 0 Å². The average Bonchev–Trinajstić information content (AvgIpc) is 1.91. The predicted octanol–water partition coefficient (Wildman–Crippen LogP) is -1.40. The molecule has 0 spiro atoms. The Balaban J connectivity index is 0.000000490. The Morgan fingerprint density at radius 2 is 2.12 bits per heavy atom. The Labute approximate surface area is 67.4 Å². The van der Waals surface area contributed by atoms with Gasteiger partial charge in [-0.1, -0.05) is 0 Å². The van der Waals surface area contributed by atoms with E-state index in [0.29, 0.717) is 0 Å². The zero-order valence-electron chi connectivity index (χ0n) is 5.00. The van der Waals surface area contributed by atoms with E-state index in [9.17, 15) is 0 Å². The fraction of sp³-hybridized carbons (Fsp3) is 0.667. The molecule has 0 aromatic carbocycles. The van der Waals surface area contributed by atoms with E-state index in [0.717, 1.165) is 5.82 Å². The van der Waals surface area contributed by atoms with Gasteiger partial charge in [-0.2, -0.15) is 0 Å². The van der Waals surface area contributed by atoms with Crippen LogP contribution in [0.3, 0.4) is 0 Å². The molecule has 0 aliphatic heterocycles. The van der Waals surface area contributed by atoms with Gasteiger partial charge >= 0.3 is 27.3 Å². The molecule has 44 valence electrons. The summed E-state index contributed by atoms with van der Waals surface area (Å²) in [5.41, 5.74) is 0. The minimum absolute atomic E-state index is 0. The van der Waals surface area contributed by atoms with Gasteiger partial charge in [0.05, 0.1) is 0 Å². The third-order valence-electron chi connectivity index (χ3n) is 0.832. The van der Waals surface area contributed by atoms with Crippen molar-refractivity contribution in [2.75, 3.05) is 0 Å². The fourth-order valence-corrected chi connectivity index (χ4v) is 0.274. The third kappa shape index (κ3) is 1.50. The maximum absolute atomic E-state index is 3.62. The molecule has 8 heavy (non-hydrogen) atoms. The van der Waals surface area contributed by atoms with Gasteiger partial charge in [-0.05, 0) is 17.4 Å². The van der Waals surface area contributed by atoms with Gasteiger partial charge in [-0.25, -0.2) is 4.68 Å². The summed E-state index contributed by atoms with van der Waals surface area (Å²) < 4.78 is 1.61. The number of tetrazole rings is 1. The summed E-state index contributed by atoms with van der Waals surface area (Å²) in [5, 5.41) is 10.6. The van der Waals surface area contributed by atoms with Crippen LogP contribution in [0, 0.1) is 6.92 Å². The van der Waals surface area contributed by atoms with Crippen LogP contribution in [0.5, 0.6) is 0 Å². The summed E-state index contributed by atoms with van der Waals surface area (Å²) >= 11 is 0. The first-order chi connectivity index (χ1) is 3.30. The SMILES string of the molecule is Cc1nnnn1C.[PbH2]. The number of aryl methyl sites for hydroxylation is 2. The molecule has 4 nitrogen and oxygen atoms in total. The molecule has 5 heteroatoms. The molecule has 0 atom stereocenters. The number of hydrogen-bond donors (Lipinski definition) is 0. The van der Waals surface area contributed by atoms with Gasteiger partial charge in [0.25, 0.3) is 0 Å². The first kappa shape index (κ1) is 7.99. The molecule has 1 aromatic rings. The molecule has 0 saturated heterocycles. The van der Waals surface area contributed by atoms with Crippen LogP contribution in [0.25, 0.3) is 0 Å². The predicted molar refractivity (Wildman–Crippen MR) is 32.1 cm³/mol. The van der Waals surface area contributed by atoms with Crippen LogP contribution in [0.2, 0.25) is 0 Å². The van der Waals surface area contributed by atoms with Crippen LogP contribution in [0.4, 0.5) is 0 Å². The molecular formula is C3H8N4Pb. The second kappa shape index (κ2) is 3.10. The Morgan fingerprint density at radius 3 is 2.25 bits per heavy atom. The van der Waals surface area contributed by atoms with Gasteiger partial charge in [0.15, 0.2) is 0 Å². The van der Waals surface area contributed by atoms with Gasteiger partial charge in [-0.3, -0.25) is 0 Å². The Hall–Kier alpha value is -0.00792. The molecular weight excluding hydrogens is 299 g/mol. The summed E-state index contributed by atoms with van der Waals surface area (Å²) in [5.74, 6) is 0.833. The maximum atomic E-state index is 3.62. The van der Waals surface area contributed by atoms with E-state index in [4.69, 9.17) is 0 Å². The van der Waals surface area contributed by atoms with Crippen molar-refractivity contribution in [3.05, 3.63) is 5.82 Å². The summed E-state index contributed by atoms with van der Waals surface area (Å²) in [7, 11) is 1.80. The Morgan fingerprint density at radius 1 is 1.50 bits per heavy atom.